The van der Waals surface area contributed by atoms with Crippen LogP contribution in [0.3, 0.4) is 0 Å². The Bertz CT molecular complexity index is 1490. The van der Waals surface area contributed by atoms with Gasteiger partial charge in [-0.25, -0.2) is 13.6 Å². The lowest BCUT2D eigenvalue weighted by Crippen LogP contribution is -2.64. The van der Waals surface area contributed by atoms with Crippen molar-refractivity contribution in [3.63, 3.8) is 0 Å². The monoisotopic (exact) mass is 615 g/mol. The molecule has 240 valence electrons. The van der Waals surface area contributed by atoms with Crippen molar-refractivity contribution in [2.45, 2.75) is 70.6 Å². The number of amides is 2. The third-order valence-corrected chi connectivity index (χ3v) is 9.46. The number of ether oxygens (including phenoxy) is 1. The Morgan fingerprint density at radius 1 is 1.02 bits per heavy atom. The SMILES string of the molecule is C[C@@H]1CN(CC(=O)N2CC(C)(C)c3c2cc(Cc2ccc(F)cc2F)c(=O)n3C)[C@@H](CN2[C@H](C)COC[C@H]2C)CN1C(=O)O. The van der Waals surface area contributed by atoms with E-state index in [1.807, 2.05) is 20.8 Å². The Morgan fingerprint density at radius 2 is 1.70 bits per heavy atom. The quantitative estimate of drug-likeness (QED) is 0.534. The number of nitrogens with zero attached hydrogens (tertiary/aromatic N) is 5. The summed E-state index contributed by atoms with van der Waals surface area (Å²) in [5.74, 6) is -1.58. The molecule has 0 spiro atoms. The summed E-state index contributed by atoms with van der Waals surface area (Å²) in [4.78, 5) is 47.2. The summed E-state index contributed by atoms with van der Waals surface area (Å²) >= 11 is 0. The number of fused-ring (bicyclic) bond motifs is 1. The molecule has 2 fully saturated rings. The van der Waals surface area contributed by atoms with E-state index in [-0.39, 0.29) is 60.7 Å². The number of hydrogen-bond acceptors (Lipinski definition) is 6. The summed E-state index contributed by atoms with van der Waals surface area (Å²) < 4.78 is 35.3. The van der Waals surface area contributed by atoms with Crippen molar-refractivity contribution in [2.24, 2.45) is 7.05 Å². The van der Waals surface area contributed by atoms with Gasteiger partial charge in [-0.05, 0) is 38.5 Å². The van der Waals surface area contributed by atoms with Gasteiger partial charge in [0, 0.05) is 80.9 Å². The molecule has 3 aliphatic rings. The van der Waals surface area contributed by atoms with Crippen molar-refractivity contribution in [3.8, 4) is 0 Å². The van der Waals surface area contributed by atoms with Crippen LogP contribution in [0.1, 0.15) is 51.4 Å². The molecule has 0 saturated carbocycles. The number of carbonyl (C=O) groups is 2. The molecular formula is C32H43F2N5O5. The van der Waals surface area contributed by atoms with E-state index in [0.717, 1.165) is 17.8 Å². The van der Waals surface area contributed by atoms with Crippen molar-refractivity contribution in [1.29, 1.82) is 0 Å². The second-order valence-electron chi connectivity index (χ2n) is 13.3. The van der Waals surface area contributed by atoms with Crippen LogP contribution in [0.15, 0.2) is 29.1 Å². The number of halogens is 2. The Hall–Kier alpha value is -3.35. The highest BCUT2D eigenvalue weighted by atomic mass is 19.1. The number of hydrogen-bond donors (Lipinski definition) is 1. The number of aromatic nitrogens is 1. The van der Waals surface area contributed by atoms with Crippen LogP contribution in [-0.4, -0.2) is 106 Å². The molecule has 12 heteroatoms. The third-order valence-electron chi connectivity index (χ3n) is 9.46. The zero-order chi connectivity index (χ0) is 32.1. The molecule has 0 unspecified atom stereocenters. The molecule has 0 aliphatic carbocycles. The van der Waals surface area contributed by atoms with E-state index in [1.165, 1.54) is 15.5 Å². The summed E-state index contributed by atoms with van der Waals surface area (Å²) in [5, 5.41) is 9.88. The molecule has 0 bridgehead atoms. The lowest BCUT2D eigenvalue weighted by Gasteiger charge is -2.48. The van der Waals surface area contributed by atoms with E-state index in [0.29, 0.717) is 44.1 Å². The van der Waals surface area contributed by atoms with Gasteiger partial charge in [0.25, 0.3) is 5.56 Å². The minimum atomic E-state index is -0.974. The first-order valence-electron chi connectivity index (χ1n) is 15.2. The first-order chi connectivity index (χ1) is 20.7. The molecule has 0 radical (unpaired) electrons. The fourth-order valence-corrected chi connectivity index (χ4v) is 7.21. The van der Waals surface area contributed by atoms with E-state index in [9.17, 15) is 28.3 Å². The number of piperazine rings is 1. The highest BCUT2D eigenvalue weighted by Crippen LogP contribution is 2.40. The van der Waals surface area contributed by atoms with Gasteiger partial charge in [-0.15, -0.1) is 0 Å². The zero-order valence-corrected chi connectivity index (χ0v) is 26.3. The van der Waals surface area contributed by atoms with Gasteiger partial charge in [-0.1, -0.05) is 19.9 Å². The van der Waals surface area contributed by atoms with Crippen molar-refractivity contribution in [3.05, 3.63) is 63.1 Å². The van der Waals surface area contributed by atoms with Gasteiger partial charge in [0.15, 0.2) is 0 Å². The van der Waals surface area contributed by atoms with Gasteiger partial charge >= 0.3 is 6.09 Å². The van der Waals surface area contributed by atoms with Crippen molar-refractivity contribution in [1.82, 2.24) is 19.3 Å². The number of carbonyl (C=O) groups excluding carboxylic acids is 1. The van der Waals surface area contributed by atoms with E-state index < -0.39 is 23.1 Å². The molecular weight excluding hydrogens is 572 g/mol. The lowest BCUT2D eigenvalue weighted by molar-refractivity contribution is -0.122. The molecule has 2 amide bonds. The van der Waals surface area contributed by atoms with E-state index >= 15 is 0 Å². The van der Waals surface area contributed by atoms with Gasteiger partial charge in [0.05, 0.1) is 31.1 Å². The fraction of sp³-hybridized carbons (Fsp3) is 0.594. The van der Waals surface area contributed by atoms with Gasteiger partial charge in [0.1, 0.15) is 11.6 Å². The number of morpholine rings is 1. The Balaban J connectivity index is 1.44. The number of pyridine rings is 1. The average Bonchev–Trinajstić information content (AvgIpc) is 3.21. The van der Waals surface area contributed by atoms with Gasteiger partial charge in [0.2, 0.25) is 5.91 Å². The van der Waals surface area contributed by atoms with Gasteiger partial charge in [-0.3, -0.25) is 19.4 Å². The van der Waals surface area contributed by atoms with Crippen LogP contribution in [0, 0.1) is 11.6 Å². The first-order valence-corrected chi connectivity index (χ1v) is 15.2. The predicted molar refractivity (Wildman–Crippen MR) is 162 cm³/mol. The van der Waals surface area contributed by atoms with Crippen LogP contribution in [-0.2, 0) is 28.4 Å². The molecule has 5 rings (SSSR count). The fourth-order valence-electron chi connectivity index (χ4n) is 7.21. The highest BCUT2D eigenvalue weighted by molar-refractivity contribution is 5.97. The van der Waals surface area contributed by atoms with Crippen LogP contribution < -0.4 is 10.5 Å². The number of benzene rings is 1. The summed E-state index contributed by atoms with van der Waals surface area (Å²) in [5.41, 5.74) is 1.01. The van der Waals surface area contributed by atoms with Crippen LogP contribution in [0.4, 0.5) is 19.3 Å². The zero-order valence-electron chi connectivity index (χ0n) is 26.3. The smallest absolute Gasteiger partial charge is 0.407 e. The number of anilines is 1. The van der Waals surface area contributed by atoms with E-state index in [1.54, 1.807) is 18.0 Å². The molecule has 1 aromatic carbocycles. The minimum Gasteiger partial charge on any atom is -0.465 e. The molecule has 10 nitrogen and oxygen atoms in total. The predicted octanol–water partition coefficient (Wildman–Crippen LogP) is 3.04. The molecule has 1 aromatic heterocycles. The Kier molecular flexibility index (Phi) is 8.90. The summed E-state index contributed by atoms with van der Waals surface area (Å²) in [6.45, 7) is 12.9. The normalized spacial score (nSPS) is 25.7. The topological polar surface area (TPSA) is 98.6 Å². The molecule has 1 N–H and O–H groups in total. The van der Waals surface area contributed by atoms with Gasteiger partial charge in [-0.2, -0.15) is 0 Å². The molecule has 2 aromatic rings. The number of rotatable bonds is 6. The second-order valence-corrected chi connectivity index (χ2v) is 13.3. The maximum absolute atomic E-state index is 14.5. The molecule has 3 aliphatic heterocycles. The van der Waals surface area contributed by atoms with Gasteiger partial charge < -0.3 is 24.2 Å². The van der Waals surface area contributed by atoms with E-state index in [4.69, 9.17) is 4.74 Å². The average molecular weight is 616 g/mol. The van der Waals surface area contributed by atoms with Crippen LogP contribution >= 0.6 is 0 Å². The van der Waals surface area contributed by atoms with Crippen LogP contribution in [0.2, 0.25) is 0 Å². The van der Waals surface area contributed by atoms with Crippen molar-refractivity contribution in [2.75, 3.05) is 50.8 Å². The summed E-state index contributed by atoms with van der Waals surface area (Å²) in [6.07, 6.45) is -1.01. The third kappa shape index (κ3) is 6.12. The summed E-state index contributed by atoms with van der Waals surface area (Å²) in [6, 6.07) is 4.78. The standard InChI is InChI=1S/C32H43F2N5O5/c1-19-12-36(25(14-38(19)31(42)43)13-37-20(2)16-44-17-21(37)3)15-28(40)39-18-32(4,5)29-27(39)10-23(30(41)35(29)6)9-22-7-8-24(33)11-26(22)34/h7-8,10-11,19-21,25H,9,12-18H2,1-6H3,(H,42,43)/t19-,20-,21-,25+/m1/s1. The molecule has 4 heterocycles. The van der Waals surface area contributed by atoms with E-state index in [2.05, 4.69) is 23.6 Å². The van der Waals surface area contributed by atoms with Crippen LogP contribution in [0.5, 0.6) is 0 Å². The largest absolute Gasteiger partial charge is 0.465 e. The molecule has 2 saturated heterocycles. The van der Waals surface area contributed by atoms with Crippen molar-refractivity contribution < 1.29 is 28.2 Å². The molecule has 4 atom stereocenters. The molecule has 44 heavy (non-hydrogen) atoms. The van der Waals surface area contributed by atoms with Crippen molar-refractivity contribution >= 4 is 17.7 Å². The second kappa shape index (κ2) is 12.2. The lowest BCUT2D eigenvalue weighted by atomic mass is 9.90. The maximum atomic E-state index is 14.5. The Morgan fingerprint density at radius 3 is 2.34 bits per heavy atom. The Labute approximate surface area is 256 Å². The summed E-state index contributed by atoms with van der Waals surface area (Å²) in [7, 11) is 1.66. The minimum absolute atomic E-state index is 0.0405. The first kappa shape index (κ1) is 32.1. The highest BCUT2D eigenvalue weighted by Gasteiger charge is 2.43. The number of carboxylic acid groups (broad SMARTS) is 1. The maximum Gasteiger partial charge on any atom is 0.407 e. The van der Waals surface area contributed by atoms with Crippen LogP contribution in [0.25, 0.3) is 0 Å².